The van der Waals surface area contributed by atoms with Gasteiger partial charge in [-0.15, -0.1) is 0 Å². The Bertz CT molecular complexity index is 677. The van der Waals surface area contributed by atoms with Crippen LogP contribution in [0.1, 0.15) is 11.6 Å². The minimum absolute atomic E-state index is 0.315. The van der Waals surface area contributed by atoms with E-state index in [0.717, 1.165) is 34.6 Å². The van der Waals surface area contributed by atoms with Gasteiger partial charge in [-0.05, 0) is 29.8 Å². The summed E-state index contributed by atoms with van der Waals surface area (Å²) < 4.78 is 10.9. The third-order valence-corrected chi connectivity index (χ3v) is 5.35. The summed E-state index contributed by atoms with van der Waals surface area (Å²) >= 11 is 8.01. The van der Waals surface area contributed by atoms with E-state index in [2.05, 4.69) is 29.2 Å². The Hall–Kier alpha value is -1.52. The molecule has 3 nitrogen and oxygen atoms in total. The molecule has 1 fully saturated rings. The van der Waals surface area contributed by atoms with Gasteiger partial charge in [0, 0.05) is 34.8 Å². The quantitative estimate of drug-likeness (QED) is 0.813. The summed E-state index contributed by atoms with van der Waals surface area (Å²) in [6.45, 7) is 1.34. The van der Waals surface area contributed by atoms with Crippen LogP contribution in [-0.2, 0) is 0 Å². The molecule has 0 radical (unpaired) electrons. The highest BCUT2D eigenvalue weighted by Crippen LogP contribution is 2.40. The van der Waals surface area contributed by atoms with E-state index >= 15 is 0 Å². The molecule has 2 aliphatic heterocycles. The van der Waals surface area contributed by atoms with E-state index in [1.807, 2.05) is 30.0 Å². The van der Waals surface area contributed by atoms with Crippen LogP contribution in [0.5, 0.6) is 11.5 Å². The number of rotatable bonds is 2. The lowest BCUT2D eigenvalue weighted by Crippen LogP contribution is -2.36. The van der Waals surface area contributed by atoms with Gasteiger partial charge in [-0.25, -0.2) is 0 Å². The van der Waals surface area contributed by atoms with Crippen molar-refractivity contribution in [3.05, 3.63) is 53.1 Å². The summed E-state index contributed by atoms with van der Waals surface area (Å²) in [4.78, 5) is 2.45. The maximum Gasteiger partial charge on any atom is 0.231 e. The molecular weight excluding hydrogens is 318 g/mol. The fourth-order valence-corrected chi connectivity index (χ4v) is 4.15. The summed E-state index contributed by atoms with van der Waals surface area (Å²) in [6.07, 6.45) is 0. The zero-order chi connectivity index (χ0) is 14.9. The number of thioether (sulfide) groups is 1. The second-order valence-corrected chi connectivity index (χ2v) is 6.96. The molecule has 0 N–H and O–H groups in total. The number of hydrogen-bond acceptors (Lipinski definition) is 4. The van der Waals surface area contributed by atoms with Crippen LogP contribution in [0.3, 0.4) is 0 Å². The molecule has 0 saturated carbocycles. The van der Waals surface area contributed by atoms with Crippen molar-refractivity contribution in [1.29, 1.82) is 0 Å². The van der Waals surface area contributed by atoms with Crippen molar-refractivity contribution < 1.29 is 9.47 Å². The summed E-state index contributed by atoms with van der Waals surface area (Å²) in [7, 11) is 0. The molecule has 2 aromatic carbocycles. The topological polar surface area (TPSA) is 21.7 Å². The van der Waals surface area contributed by atoms with Crippen LogP contribution < -0.4 is 14.4 Å². The third kappa shape index (κ3) is 2.61. The van der Waals surface area contributed by atoms with Crippen LogP contribution in [-0.4, -0.2) is 24.8 Å². The average Bonchev–Trinajstić information content (AvgIpc) is 3.03. The van der Waals surface area contributed by atoms with Crippen molar-refractivity contribution in [1.82, 2.24) is 0 Å². The van der Waals surface area contributed by atoms with Crippen LogP contribution in [0.15, 0.2) is 42.5 Å². The Morgan fingerprint density at radius 2 is 1.86 bits per heavy atom. The van der Waals surface area contributed by atoms with Crippen LogP contribution in [0, 0.1) is 0 Å². The summed E-state index contributed by atoms with van der Waals surface area (Å²) in [5.41, 5.74) is 2.48. The van der Waals surface area contributed by atoms with E-state index in [-0.39, 0.29) is 0 Å². The first-order valence-corrected chi connectivity index (χ1v) is 8.84. The number of benzene rings is 2. The average molecular weight is 334 g/mol. The maximum atomic E-state index is 6.02. The summed E-state index contributed by atoms with van der Waals surface area (Å²) in [6, 6.07) is 14.7. The zero-order valence-corrected chi connectivity index (χ0v) is 13.6. The molecule has 1 atom stereocenters. The molecule has 0 aliphatic carbocycles. The van der Waals surface area contributed by atoms with Gasteiger partial charge in [-0.3, -0.25) is 0 Å². The van der Waals surface area contributed by atoms with Gasteiger partial charge in [-0.1, -0.05) is 23.7 Å². The summed E-state index contributed by atoms with van der Waals surface area (Å²) in [5.74, 6) is 3.89. The molecule has 1 unspecified atom stereocenters. The predicted molar refractivity (Wildman–Crippen MR) is 91.4 cm³/mol. The largest absolute Gasteiger partial charge is 0.454 e. The SMILES string of the molecule is Clc1ccc(C2CSCCN2c2ccc3c(c2)OCO3)cc1. The van der Waals surface area contributed by atoms with Gasteiger partial charge >= 0.3 is 0 Å². The van der Waals surface area contributed by atoms with E-state index in [4.69, 9.17) is 21.1 Å². The Balaban J connectivity index is 1.67. The monoisotopic (exact) mass is 333 g/mol. The number of hydrogen-bond donors (Lipinski definition) is 0. The second-order valence-electron chi connectivity index (χ2n) is 5.37. The van der Waals surface area contributed by atoms with Gasteiger partial charge in [0.25, 0.3) is 0 Å². The number of halogens is 1. The fraction of sp³-hybridized carbons (Fsp3) is 0.294. The first-order chi connectivity index (χ1) is 10.8. The lowest BCUT2D eigenvalue weighted by Gasteiger charge is -2.37. The predicted octanol–water partition coefficient (Wildman–Crippen LogP) is 4.36. The Labute approximate surface area is 139 Å². The Morgan fingerprint density at radius 3 is 2.73 bits per heavy atom. The minimum atomic E-state index is 0.315. The minimum Gasteiger partial charge on any atom is -0.454 e. The van der Waals surface area contributed by atoms with Crippen molar-refractivity contribution in [2.45, 2.75) is 6.04 Å². The first kappa shape index (κ1) is 14.1. The van der Waals surface area contributed by atoms with Gasteiger partial charge in [0.05, 0.1) is 6.04 Å². The molecule has 22 heavy (non-hydrogen) atoms. The third-order valence-electron chi connectivity index (χ3n) is 4.07. The standard InChI is InChI=1S/C17H16ClNO2S/c18-13-3-1-12(2-4-13)15-10-22-8-7-19(15)14-5-6-16-17(9-14)21-11-20-16/h1-6,9,15H,7-8,10-11H2. The second kappa shape index (κ2) is 5.94. The molecule has 114 valence electrons. The molecule has 5 heteroatoms. The first-order valence-electron chi connectivity index (χ1n) is 7.31. The lowest BCUT2D eigenvalue weighted by molar-refractivity contribution is 0.174. The highest BCUT2D eigenvalue weighted by atomic mass is 35.5. The molecular formula is C17H16ClNO2S. The van der Waals surface area contributed by atoms with Crippen molar-refractivity contribution in [3.8, 4) is 11.5 Å². The molecule has 4 rings (SSSR count). The van der Waals surface area contributed by atoms with Crippen LogP contribution >= 0.6 is 23.4 Å². The van der Waals surface area contributed by atoms with Gasteiger partial charge in [-0.2, -0.15) is 11.8 Å². The lowest BCUT2D eigenvalue weighted by atomic mass is 10.1. The molecule has 2 aromatic rings. The normalized spacial score (nSPS) is 20.2. The number of nitrogens with zero attached hydrogens (tertiary/aromatic N) is 1. The molecule has 0 bridgehead atoms. The van der Waals surface area contributed by atoms with Crippen molar-refractivity contribution in [2.24, 2.45) is 0 Å². The maximum absolute atomic E-state index is 6.02. The van der Waals surface area contributed by atoms with E-state index in [1.54, 1.807) is 0 Å². The number of fused-ring (bicyclic) bond motifs is 1. The number of ether oxygens (including phenoxy) is 2. The Morgan fingerprint density at radius 1 is 1.05 bits per heavy atom. The molecule has 2 aliphatic rings. The molecule has 0 amide bonds. The molecule has 2 heterocycles. The fourth-order valence-electron chi connectivity index (χ4n) is 2.94. The highest BCUT2D eigenvalue weighted by Gasteiger charge is 2.26. The van der Waals surface area contributed by atoms with E-state index in [9.17, 15) is 0 Å². The smallest absolute Gasteiger partial charge is 0.231 e. The molecule has 0 spiro atoms. The summed E-state index contributed by atoms with van der Waals surface area (Å²) in [5, 5.41) is 0.779. The van der Waals surface area contributed by atoms with Gasteiger partial charge in [0.15, 0.2) is 11.5 Å². The zero-order valence-electron chi connectivity index (χ0n) is 12.0. The van der Waals surface area contributed by atoms with Crippen molar-refractivity contribution in [2.75, 3.05) is 29.7 Å². The van der Waals surface area contributed by atoms with Crippen molar-refractivity contribution >= 4 is 29.1 Å². The highest BCUT2D eigenvalue weighted by molar-refractivity contribution is 7.99. The van der Waals surface area contributed by atoms with Crippen LogP contribution in [0.25, 0.3) is 0 Å². The van der Waals surface area contributed by atoms with E-state index in [1.165, 1.54) is 11.3 Å². The van der Waals surface area contributed by atoms with Gasteiger partial charge in [0.2, 0.25) is 6.79 Å². The molecule has 1 saturated heterocycles. The van der Waals surface area contributed by atoms with Gasteiger partial charge < -0.3 is 14.4 Å². The van der Waals surface area contributed by atoms with E-state index < -0.39 is 0 Å². The molecule has 0 aromatic heterocycles. The van der Waals surface area contributed by atoms with Crippen molar-refractivity contribution in [3.63, 3.8) is 0 Å². The van der Waals surface area contributed by atoms with Crippen LogP contribution in [0.4, 0.5) is 5.69 Å². The van der Waals surface area contributed by atoms with E-state index in [0.29, 0.717) is 12.8 Å². The van der Waals surface area contributed by atoms with Crippen LogP contribution in [0.2, 0.25) is 5.02 Å². The van der Waals surface area contributed by atoms with Gasteiger partial charge in [0.1, 0.15) is 0 Å². The Kier molecular flexibility index (Phi) is 3.80. The number of anilines is 1.